The Morgan fingerprint density at radius 3 is 2.50 bits per heavy atom. The van der Waals surface area contributed by atoms with Crippen molar-refractivity contribution in [3.8, 4) is 0 Å². The van der Waals surface area contributed by atoms with Crippen molar-refractivity contribution in [2.45, 2.75) is 17.7 Å². The SMILES string of the molecule is NCCCc1ccccc1S(=O)(=O)O. The molecule has 1 aromatic rings. The molecule has 0 fully saturated rings. The molecule has 0 saturated carbocycles. The Labute approximate surface area is 83.5 Å². The lowest BCUT2D eigenvalue weighted by Gasteiger charge is -2.05. The zero-order chi connectivity index (χ0) is 10.6. The highest BCUT2D eigenvalue weighted by Crippen LogP contribution is 2.16. The topological polar surface area (TPSA) is 80.4 Å². The molecule has 1 aromatic carbocycles. The molecule has 0 heterocycles. The second kappa shape index (κ2) is 4.54. The fourth-order valence-electron chi connectivity index (χ4n) is 1.25. The van der Waals surface area contributed by atoms with Crippen LogP contribution in [-0.2, 0) is 16.5 Å². The molecule has 0 aromatic heterocycles. The molecular weight excluding hydrogens is 202 g/mol. The number of rotatable bonds is 4. The van der Waals surface area contributed by atoms with Crippen molar-refractivity contribution >= 4 is 10.1 Å². The third kappa shape index (κ3) is 2.80. The van der Waals surface area contributed by atoms with Gasteiger partial charge in [0.1, 0.15) is 0 Å². The molecule has 0 spiro atoms. The molecule has 0 aliphatic heterocycles. The second-order valence-electron chi connectivity index (χ2n) is 2.98. The van der Waals surface area contributed by atoms with Crippen molar-refractivity contribution in [2.24, 2.45) is 5.73 Å². The van der Waals surface area contributed by atoms with Crippen molar-refractivity contribution in [1.82, 2.24) is 0 Å². The van der Waals surface area contributed by atoms with Crippen LogP contribution in [0.1, 0.15) is 12.0 Å². The van der Waals surface area contributed by atoms with Gasteiger partial charge in [0.25, 0.3) is 10.1 Å². The van der Waals surface area contributed by atoms with Crippen molar-refractivity contribution in [3.63, 3.8) is 0 Å². The molecule has 0 aliphatic carbocycles. The first kappa shape index (κ1) is 11.2. The third-order valence-corrected chi connectivity index (χ3v) is 2.85. The number of aryl methyl sites for hydroxylation is 1. The zero-order valence-electron chi connectivity index (χ0n) is 7.68. The van der Waals surface area contributed by atoms with Crippen LogP contribution in [0.25, 0.3) is 0 Å². The minimum Gasteiger partial charge on any atom is -0.330 e. The van der Waals surface area contributed by atoms with Crippen LogP contribution in [0.5, 0.6) is 0 Å². The molecule has 0 saturated heterocycles. The summed E-state index contributed by atoms with van der Waals surface area (Å²) in [5.74, 6) is 0. The first-order chi connectivity index (χ1) is 6.55. The average molecular weight is 215 g/mol. The summed E-state index contributed by atoms with van der Waals surface area (Å²) in [6.45, 7) is 0.500. The van der Waals surface area contributed by atoms with Gasteiger partial charge in [-0.25, -0.2) is 0 Å². The van der Waals surface area contributed by atoms with Crippen LogP contribution in [-0.4, -0.2) is 19.5 Å². The smallest absolute Gasteiger partial charge is 0.294 e. The van der Waals surface area contributed by atoms with Gasteiger partial charge >= 0.3 is 0 Å². The van der Waals surface area contributed by atoms with Crippen LogP contribution in [0, 0.1) is 0 Å². The van der Waals surface area contributed by atoms with Crippen molar-refractivity contribution in [1.29, 1.82) is 0 Å². The summed E-state index contributed by atoms with van der Waals surface area (Å²) in [7, 11) is -4.10. The molecule has 4 nitrogen and oxygen atoms in total. The number of hydrogen-bond donors (Lipinski definition) is 2. The Bertz CT molecular complexity index is 400. The van der Waals surface area contributed by atoms with Gasteiger partial charge in [-0.05, 0) is 31.0 Å². The van der Waals surface area contributed by atoms with E-state index in [1.807, 2.05) is 0 Å². The number of nitrogens with two attached hydrogens (primary N) is 1. The van der Waals surface area contributed by atoms with Gasteiger partial charge in [0.15, 0.2) is 0 Å². The molecule has 14 heavy (non-hydrogen) atoms. The van der Waals surface area contributed by atoms with Gasteiger partial charge in [-0.1, -0.05) is 18.2 Å². The standard InChI is InChI=1S/C9H13NO3S/c10-7-3-5-8-4-1-2-6-9(8)14(11,12)13/h1-2,4,6H,3,5,7,10H2,(H,11,12,13). The highest BCUT2D eigenvalue weighted by Gasteiger charge is 2.13. The van der Waals surface area contributed by atoms with Gasteiger partial charge in [-0.3, -0.25) is 4.55 Å². The second-order valence-corrected chi connectivity index (χ2v) is 4.36. The van der Waals surface area contributed by atoms with Crippen molar-refractivity contribution in [2.75, 3.05) is 6.54 Å². The zero-order valence-corrected chi connectivity index (χ0v) is 8.50. The molecular formula is C9H13NO3S. The average Bonchev–Trinajstić information content (AvgIpc) is 2.14. The van der Waals surface area contributed by atoms with Gasteiger partial charge in [-0.2, -0.15) is 8.42 Å². The summed E-state index contributed by atoms with van der Waals surface area (Å²) in [4.78, 5) is -0.0200. The molecule has 3 N–H and O–H groups in total. The van der Waals surface area contributed by atoms with Crippen LogP contribution in [0.4, 0.5) is 0 Å². The highest BCUT2D eigenvalue weighted by atomic mass is 32.2. The van der Waals surface area contributed by atoms with E-state index in [1.54, 1.807) is 18.2 Å². The lowest BCUT2D eigenvalue weighted by Crippen LogP contribution is -2.06. The fourth-order valence-corrected chi connectivity index (χ4v) is 2.01. The van der Waals surface area contributed by atoms with Crippen molar-refractivity contribution in [3.05, 3.63) is 29.8 Å². The van der Waals surface area contributed by atoms with E-state index in [0.717, 1.165) is 0 Å². The number of hydrogen-bond acceptors (Lipinski definition) is 3. The predicted octanol–water partition coefficient (Wildman–Crippen LogP) is 0.825. The molecule has 0 aliphatic rings. The summed E-state index contributed by atoms with van der Waals surface area (Å²) >= 11 is 0. The third-order valence-electron chi connectivity index (χ3n) is 1.90. The molecule has 0 unspecified atom stereocenters. The normalized spacial score (nSPS) is 11.6. The van der Waals surface area contributed by atoms with Crippen LogP contribution in [0.3, 0.4) is 0 Å². The Morgan fingerprint density at radius 1 is 1.29 bits per heavy atom. The van der Waals surface area contributed by atoms with Crippen LogP contribution < -0.4 is 5.73 Å². The van der Waals surface area contributed by atoms with Gasteiger partial charge in [0.2, 0.25) is 0 Å². The summed E-state index contributed by atoms with van der Waals surface area (Å²) in [5.41, 5.74) is 5.94. The summed E-state index contributed by atoms with van der Waals surface area (Å²) in [6, 6.07) is 6.38. The molecule has 1 rings (SSSR count). The van der Waals surface area contributed by atoms with Gasteiger partial charge in [-0.15, -0.1) is 0 Å². The van der Waals surface area contributed by atoms with Crippen molar-refractivity contribution < 1.29 is 13.0 Å². The lowest BCUT2D eigenvalue weighted by atomic mass is 10.1. The molecule has 5 heteroatoms. The van der Waals surface area contributed by atoms with E-state index >= 15 is 0 Å². The molecule has 0 atom stereocenters. The fraction of sp³-hybridized carbons (Fsp3) is 0.333. The molecule has 78 valence electrons. The van der Waals surface area contributed by atoms with Crippen LogP contribution >= 0.6 is 0 Å². The first-order valence-electron chi connectivity index (χ1n) is 4.31. The van der Waals surface area contributed by atoms with E-state index in [1.165, 1.54) is 6.07 Å². The molecule has 0 amide bonds. The summed E-state index contributed by atoms with van der Waals surface area (Å²) < 4.78 is 30.8. The largest absolute Gasteiger partial charge is 0.330 e. The predicted molar refractivity (Wildman–Crippen MR) is 53.6 cm³/mol. The van der Waals surface area contributed by atoms with Crippen LogP contribution in [0.15, 0.2) is 29.2 Å². The van der Waals surface area contributed by atoms with E-state index in [-0.39, 0.29) is 4.90 Å². The van der Waals surface area contributed by atoms with E-state index in [2.05, 4.69) is 0 Å². The van der Waals surface area contributed by atoms with Gasteiger partial charge in [0.05, 0.1) is 4.90 Å². The lowest BCUT2D eigenvalue weighted by molar-refractivity contribution is 0.482. The Morgan fingerprint density at radius 2 is 1.93 bits per heavy atom. The van der Waals surface area contributed by atoms with E-state index in [0.29, 0.717) is 24.9 Å². The monoisotopic (exact) mass is 215 g/mol. The Hall–Kier alpha value is -0.910. The van der Waals surface area contributed by atoms with Gasteiger partial charge < -0.3 is 5.73 Å². The highest BCUT2D eigenvalue weighted by molar-refractivity contribution is 7.85. The number of benzene rings is 1. The van der Waals surface area contributed by atoms with Gasteiger partial charge in [0, 0.05) is 0 Å². The molecule has 0 bridgehead atoms. The quantitative estimate of drug-likeness (QED) is 0.729. The first-order valence-corrected chi connectivity index (χ1v) is 5.75. The van der Waals surface area contributed by atoms with E-state index in [4.69, 9.17) is 10.3 Å². The summed E-state index contributed by atoms with van der Waals surface area (Å²) in [6.07, 6.45) is 1.26. The minimum absolute atomic E-state index is 0.0200. The van der Waals surface area contributed by atoms with Crippen LogP contribution in [0.2, 0.25) is 0 Å². The Kier molecular flexibility index (Phi) is 3.62. The summed E-state index contributed by atoms with van der Waals surface area (Å²) in [5, 5.41) is 0. The Balaban J connectivity index is 3.04. The maximum atomic E-state index is 10.9. The van der Waals surface area contributed by atoms with E-state index < -0.39 is 10.1 Å². The van der Waals surface area contributed by atoms with E-state index in [9.17, 15) is 8.42 Å². The maximum absolute atomic E-state index is 10.9. The molecule has 0 radical (unpaired) electrons. The maximum Gasteiger partial charge on any atom is 0.294 e. The minimum atomic E-state index is -4.10.